The number of benzene rings is 2. The highest BCUT2D eigenvalue weighted by Crippen LogP contribution is 2.45. The van der Waals surface area contributed by atoms with Crippen LogP contribution in [0.15, 0.2) is 53.5 Å². The summed E-state index contributed by atoms with van der Waals surface area (Å²) in [5, 5.41) is 20.7. The van der Waals surface area contributed by atoms with Crippen molar-refractivity contribution in [3.8, 4) is 6.07 Å². The smallest absolute Gasteiger partial charge is 0.340 e. The molecule has 4 nitrogen and oxygen atoms in total. The molecule has 1 atom stereocenters. The van der Waals surface area contributed by atoms with Gasteiger partial charge in [0.15, 0.2) is 0 Å². The largest absolute Gasteiger partial charge is 0.479 e. The Kier molecular flexibility index (Phi) is 3.53. The highest BCUT2D eigenvalue weighted by Gasteiger charge is 2.50. The van der Waals surface area contributed by atoms with Gasteiger partial charge in [-0.25, -0.2) is 4.79 Å². The molecule has 0 aliphatic carbocycles. The van der Waals surface area contributed by atoms with Crippen molar-refractivity contribution in [2.24, 2.45) is 10.4 Å². The predicted molar refractivity (Wildman–Crippen MR) is 90.6 cm³/mol. The molecule has 0 saturated heterocycles. The maximum Gasteiger partial charge on any atom is 0.340 e. The number of nitrogens with zero attached hydrogens (tertiary/aromatic N) is 2. The Hall–Kier alpha value is -2.93. The quantitative estimate of drug-likeness (QED) is 0.924. The van der Waals surface area contributed by atoms with Crippen LogP contribution < -0.4 is 10.6 Å². The number of nitriles is 1. The van der Waals surface area contributed by atoms with E-state index in [1.54, 1.807) is 24.3 Å². The van der Waals surface area contributed by atoms with Gasteiger partial charge in [-0.05, 0) is 34.8 Å². The van der Waals surface area contributed by atoms with Crippen LogP contribution in [-0.2, 0) is 10.3 Å². The number of rotatable bonds is 2. The molecule has 2 aromatic rings. The van der Waals surface area contributed by atoms with Crippen LogP contribution in [0.3, 0.4) is 0 Å². The molecule has 1 heterocycles. The van der Waals surface area contributed by atoms with Gasteiger partial charge < -0.3 is 5.11 Å². The summed E-state index contributed by atoms with van der Waals surface area (Å²) in [5.74, 6) is -1.01. The zero-order chi connectivity index (χ0) is 17.5. The summed E-state index contributed by atoms with van der Waals surface area (Å²) in [5.41, 5.74) is -0.0248. The Morgan fingerprint density at radius 2 is 1.75 bits per heavy atom. The number of carboxylic acid groups (broad SMARTS) is 1. The topological polar surface area (TPSA) is 73.4 Å². The average molecular weight is 318 g/mol. The van der Waals surface area contributed by atoms with Crippen LogP contribution in [0.5, 0.6) is 0 Å². The van der Waals surface area contributed by atoms with E-state index in [0.717, 1.165) is 10.8 Å². The molecule has 0 aromatic heterocycles. The molecule has 1 aliphatic rings. The molecule has 0 radical (unpaired) electrons. The summed E-state index contributed by atoms with van der Waals surface area (Å²) < 4.78 is 0. The third-order valence-electron chi connectivity index (χ3n) is 4.31. The molecule has 2 aromatic carbocycles. The van der Waals surface area contributed by atoms with Gasteiger partial charge in [-0.2, -0.15) is 5.26 Å². The van der Waals surface area contributed by atoms with Gasteiger partial charge in [-0.3, -0.25) is 4.99 Å². The van der Waals surface area contributed by atoms with Crippen LogP contribution in [0.4, 0.5) is 0 Å². The molecule has 120 valence electrons. The van der Waals surface area contributed by atoms with E-state index in [1.165, 1.54) is 0 Å². The van der Waals surface area contributed by atoms with Crippen molar-refractivity contribution in [1.82, 2.24) is 0 Å². The fourth-order valence-electron chi connectivity index (χ4n) is 3.43. The van der Waals surface area contributed by atoms with E-state index in [9.17, 15) is 9.90 Å². The first-order chi connectivity index (χ1) is 11.3. The maximum atomic E-state index is 12.4. The van der Waals surface area contributed by atoms with Gasteiger partial charge in [0.2, 0.25) is 5.54 Å². The van der Waals surface area contributed by atoms with Crippen molar-refractivity contribution >= 4 is 11.5 Å². The highest BCUT2D eigenvalue weighted by molar-refractivity contribution is 5.95. The van der Waals surface area contributed by atoms with Gasteiger partial charge in [-0.15, -0.1) is 0 Å². The van der Waals surface area contributed by atoms with Crippen molar-refractivity contribution in [3.63, 3.8) is 0 Å². The molecule has 4 heteroatoms. The fourth-order valence-corrected chi connectivity index (χ4v) is 3.43. The molecule has 1 unspecified atom stereocenters. The van der Waals surface area contributed by atoms with E-state index in [0.29, 0.717) is 16.5 Å². The Labute approximate surface area is 140 Å². The van der Waals surface area contributed by atoms with Gasteiger partial charge in [0.05, 0.1) is 17.0 Å². The van der Waals surface area contributed by atoms with Gasteiger partial charge in [0.1, 0.15) is 0 Å². The van der Waals surface area contributed by atoms with E-state index in [-0.39, 0.29) is 5.41 Å². The number of para-hydroxylation sites is 1. The number of hydrogen-bond donors (Lipinski definition) is 1. The number of carbonyl (C=O) groups is 1. The summed E-state index contributed by atoms with van der Waals surface area (Å²) in [6.07, 6.45) is 0. The van der Waals surface area contributed by atoms with Crippen LogP contribution >= 0.6 is 0 Å². The van der Waals surface area contributed by atoms with E-state index >= 15 is 0 Å². The summed E-state index contributed by atoms with van der Waals surface area (Å²) in [6, 6.07) is 16.2. The molecule has 0 bridgehead atoms. The molecule has 1 aliphatic heterocycles. The first-order valence-corrected chi connectivity index (χ1v) is 7.75. The summed E-state index contributed by atoms with van der Waals surface area (Å²) in [7, 11) is 0. The highest BCUT2D eigenvalue weighted by atomic mass is 16.4. The summed E-state index contributed by atoms with van der Waals surface area (Å²) >= 11 is 0. The van der Waals surface area contributed by atoms with E-state index in [4.69, 9.17) is 5.26 Å². The Morgan fingerprint density at radius 3 is 2.29 bits per heavy atom. The third-order valence-corrected chi connectivity index (χ3v) is 4.31. The lowest BCUT2D eigenvalue weighted by atomic mass is 9.71. The van der Waals surface area contributed by atoms with Crippen molar-refractivity contribution < 1.29 is 9.90 Å². The lowest BCUT2D eigenvalue weighted by molar-refractivity contribution is -0.141. The monoisotopic (exact) mass is 318 g/mol. The second kappa shape index (κ2) is 5.31. The molecule has 0 spiro atoms. The second-order valence-corrected chi connectivity index (χ2v) is 6.96. The van der Waals surface area contributed by atoms with Crippen molar-refractivity contribution in [2.45, 2.75) is 26.3 Å². The molecule has 0 saturated carbocycles. The Bertz CT molecular complexity index is 976. The maximum absolute atomic E-state index is 12.4. The zero-order valence-corrected chi connectivity index (χ0v) is 13.9. The lowest BCUT2D eigenvalue weighted by Crippen LogP contribution is -2.40. The molecular formula is C20H18N2O2. The lowest BCUT2D eigenvalue weighted by Gasteiger charge is -2.34. The molecule has 1 N–H and O–H groups in total. The van der Waals surface area contributed by atoms with E-state index in [2.05, 4.69) is 11.1 Å². The predicted octanol–water partition coefficient (Wildman–Crippen LogP) is 2.37. The van der Waals surface area contributed by atoms with Crippen LogP contribution in [0, 0.1) is 16.7 Å². The zero-order valence-electron chi connectivity index (χ0n) is 13.9. The van der Waals surface area contributed by atoms with E-state index in [1.807, 2.05) is 45.0 Å². The molecule has 24 heavy (non-hydrogen) atoms. The van der Waals surface area contributed by atoms with Crippen molar-refractivity contribution in [3.05, 3.63) is 70.2 Å². The van der Waals surface area contributed by atoms with Crippen LogP contribution in [0.1, 0.15) is 31.9 Å². The van der Waals surface area contributed by atoms with Crippen molar-refractivity contribution in [2.75, 3.05) is 0 Å². The van der Waals surface area contributed by atoms with Gasteiger partial charge in [-0.1, -0.05) is 51.1 Å². The van der Waals surface area contributed by atoms with Crippen LogP contribution in [-0.4, -0.2) is 11.1 Å². The molecule has 0 amide bonds. The molecule has 0 fully saturated rings. The third kappa shape index (κ3) is 2.21. The second-order valence-electron chi connectivity index (χ2n) is 6.96. The first kappa shape index (κ1) is 15.9. The Morgan fingerprint density at radius 1 is 1.12 bits per heavy atom. The number of carboxylic acids is 1. The minimum absolute atomic E-state index is 0.387. The minimum Gasteiger partial charge on any atom is -0.479 e. The van der Waals surface area contributed by atoms with E-state index < -0.39 is 11.5 Å². The number of aliphatic carboxylic acids is 1. The minimum atomic E-state index is -1.46. The normalized spacial score (nSPS) is 19.3. The van der Waals surface area contributed by atoms with Crippen LogP contribution in [0.25, 0.3) is 5.57 Å². The molecular weight excluding hydrogens is 300 g/mol. The van der Waals surface area contributed by atoms with Gasteiger partial charge in [0.25, 0.3) is 0 Å². The average Bonchev–Trinajstić information content (AvgIpc) is 2.91. The number of fused-ring (bicyclic) bond motifs is 1. The SMILES string of the molecule is CC(C)(C)C1=c2ccccc2=NC1(C(=O)O)c1ccc(C#N)cc1. The standard InChI is InChI=1S/C20H18N2O2/c1-19(2,3)17-15-6-4-5-7-16(15)22-20(17,18(23)24)14-10-8-13(12-21)9-11-14/h4-11H,1-3H3,(H,23,24). The van der Waals surface area contributed by atoms with Gasteiger partial charge in [0, 0.05) is 5.22 Å². The van der Waals surface area contributed by atoms with Gasteiger partial charge >= 0.3 is 5.97 Å². The first-order valence-electron chi connectivity index (χ1n) is 7.75. The van der Waals surface area contributed by atoms with Crippen LogP contribution in [0.2, 0.25) is 0 Å². The molecule has 3 rings (SSSR count). The number of hydrogen-bond acceptors (Lipinski definition) is 3. The fraction of sp³-hybridized carbons (Fsp3) is 0.250. The summed E-state index contributed by atoms with van der Waals surface area (Å²) in [4.78, 5) is 17.1. The Balaban J connectivity index is 2.42. The summed E-state index contributed by atoms with van der Waals surface area (Å²) in [6.45, 7) is 6.00. The van der Waals surface area contributed by atoms with Crippen molar-refractivity contribution in [1.29, 1.82) is 5.26 Å².